The van der Waals surface area contributed by atoms with Gasteiger partial charge in [-0.15, -0.1) is 0 Å². The summed E-state index contributed by atoms with van der Waals surface area (Å²) in [6, 6.07) is 9.15. The first-order valence-electron chi connectivity index (χ1n) is 12.2. The average molecular weight is 549 g/mol. The van der Waals surface area contributed by atoms with Crippen LogP contribution in [0.1, 0.15) is 43.0 Å². The zero-order valence-corrected chi connectivity index (χ0v) is 21.9. The fourth-order valence-electron chi connectivity index (χ4n) is 3.76. The zero-order valence-electron chi connectivity index (χ0n) is 21.1. The molecule has 2 heterocycles. The van der Waals surface area contributed by atoms with Crippen LogP contribution in [0.25, 0.3) is 0 Å². The van der Waals surface area contributed by atoms with E-state index < -0.39 is 22.0 Å². The summed E-state index contributed by atoms with van der Waals surface area (Å²) in [5, 5.41) is 5.96. The number of hydrogen-bond donors (Lipinski definition) is 3. The van der Waals surface area contributed by atoms with Crippen LogP contribution in [-0.4, -0.2) is 74.3 Å². The molecule has 1 amide bonds. The third-order valence-electron chi connectivity index (χ3n) is 5.57. The third-order valence-corrected chi connectivity index (χ3v) is 6.74. The number of nitrogens with zero attached hydrogens (tertiary/aromatic N) is 3. The normalized spacial score (nSPS) is 15.4. The number of benzene rings is 1. The first-order valence-corrected chi connectivity index (χ1v) is 13.9. The largest absolute Gasteiger partial charge is 0.466 e. The molecule has 1 saturated heterocycles. The topological polar surface area (TPSA) is 169 Å². The maximum absolute atomic E-state index is 12.4. The summed E-state index contributed by atoms with van der Waals surface area (Å²) in [6.07, 6.45) is 5.24. The van der Waals surface area contributed by atoms with Gasteiger partial charge in [0, 0.05) is 56.2 Å². The van der Waals surface area contributed by atoms with Gasteiger partial charge in [-0.05, 0) is 54.5 Å². The van der Waals surface area contributed by atoms with Crippen molar-refractivity contribution in [1.29, 1.82) is 0 Å². The molecule has 3 rings (SSSR count). The van der Waals surface area contributed by atoms with Crippen molar-refractivity contribution in [1.82, 2.24) is 20.2 Å². The summed E-state index contributed by atoms with van der Waals surface area (Å²) in [4.78, 5) is 51.8. The molecule has 0 bridgehead atoms. The molecule has 0 unspecified atom stereocenters. The number of carbonyl (C=O) groups is 3. The molecule has 206 valence electrons. The van der Waals surface area contributed by atoms with Crippen molar-refractivity contribution in [3.05, 3.63) is 48.3 Å². The maximum Gasteiger partial charge on any atom is 0.327 e. The molecule has 1 atom stereocenters. The lowest BCUT2D eigenvalue weighted by atomic mass is 10.0. The molecule has 1 aromatic carbocycles. The number of carbonyl (C=O) groups excluding carboxylic acids is 3. The van der Waals surface area contributed by atoms with Crippen LogP contribution in [0.4, 0.5) is 11.6 Å². The Labute approximate surface area is 221 Å². The highest BCUT2D eigenvalue weighted by molar-refractivity contribution is 7.89. The Balaban J connectivity index is 1.37. The minimum absolute atomic E-state index is 0.0331. The molecule has 1 aliphatic heterocycles. The summed E-state index contributed by atoms with van der Waals surface area (Å²) in [7, 11) is -3.88. The molecular weight excluding hydrogens is 516 g/mol. The number of aromatic nitrogens is 2. The van der Waals surface area contributed by atoms with E-state index in [1.54, 1.807) is 35.5 Å². The van der Waals surface area contributed by atoms with Crippen molar-refractivity contribution in [3.63, 3.8) is 0 Å². The molecule has 0 spiro atoms. The standard InChI is InChI=1S/C24H32N6O7S/c1-18(31)36-15-4-16-38(34,35)29-37-22(32)10-13-25-23(33)19-6-8-21(9-7-19)30-14-2-5-20(17-30)28-24-26-11-3-12-27-24/h3,6-9,11-12,20,29H,2,4-5,10,13-17H2,1H3,(H,25,33)(H,26,27,28)/t20-/m0/s1. The van der Waals surface area contributed by atoms with Gasteiger partial charge in [0.25, 0.3) is 5.91 Å². The van der Waals surface area contributed by atoms with Crippen LogP contribution in [0, 0.1) is 0 Å². The maximum atomic E-state index is 12.4. The fourth-order valence-corrected chi connectivity index (χ4v) is 4.56. The van der Waals surface area contributed by atoms with Gasteiger partial charge in [-0.1, -0.05) is 0 Å². The van der Waals surface area contributed by atoms with Crippen molar-refractivity contribution in [3.8, 4) is 0 Å². The Bertz CT molecular complexity index is 1180. The molecular formula is C24H32N6O7S. The van der Waals surface area contributed by atoms with Crippen molar-refractivity contribution in [2.45, 2.75) is 38.6 Å². The number of sulfonamides is 1. The van der Waals surface area contributed by atoms with Crippen molar-refractivity contribution in [2.75, 3.05) is 42.2 Å². The second-order valence-corrected chi connectivity index (χ2v) is 10.4. The van der Waals surface area contributed by atoms with Gasteiger partial charge in [0.1, 0.15) is 0 Å². The first kappa shape index (κ1) is 28.8. The molecule has 0 aliphatic carbocycles. The van der Waals surface area contributed by atoms with Crippen LogP contribution in [0.15, 0.2) is 42.7 Å². The van der Waals surface area contributed by atoms with Gasteiger partial charge in [0.2, 0.25) is 16.0 Å². The van der Waals surface area contributed by atoms with E-state index in [4.69, 9.17) is 0 Å². The van der Waals surface area contributed by atoms with Gasteiger partial charge in [-0.25, -0.2) is 18.4 Å². The van der Waals surface area contributed by atoms with Gasteiger partial charge >= 0.3 is 11.9 Å². The van der Waals surface area contributed by atoms with Gasteiger partial charge in [-0.2, -0.15) is 0 Å². The molecule has 1 fully saturated rings. The second-order valence-electron chi connectivity index (χ2n) is 8.62. The van der Waals surface area contributed by atoms with E-state index in [-0.39, 0.29) is 43.7 Å². The molecule has 0 radical (unpaired) electrons. The Morgan fingerprint density at radius 2 is 1.87 bits per heavy atom. The summed E-state index contributed by atoms with van der Waals surface area (Å²) < 4.78 is 28.2. The third kappa shape index (κ3) is 9.94. The Kier molecular flexibility index (Phi) is 10.8. The molecule has 2 aromatic rings. The highest BCUT2D eigenvalue weighted by atomic mass is 32.2. The molecule has 38 heavy (non-hydrogen) atoms. The molecule has 1 aliphatic rings. The summed E-state index contributed by atoms with van der Waals surface area (Å²) in [5.41, 5.74) is 1.42. The van der Waals surface area contributed by atoms with E-state index in [0.29, 0.717) is 11.5 Å². The monoisotopic (exact) mass is 548 g/mol. The molecule has 0 saturated carbocycles. The summed E-state index contributed by atoms with van der Waals surface area (Å²) in [5.74, 6) is -1.50. The molecule has 1 aromatic heterocycles. The van der Waals surface area contributed by atoms with Crippen LogP contribution in [-0.2, 0) is 29.2 Å². The smallest absolute Gasteiger partial charge is 0.327 e. The SMILES string of the molecule is CC(=O)OCCCS(=O)(=O)NOC(=O)CCNC(=O)c1ccc(N2CCC[C@H](Nc3ncccn3)C2)cc1. The van der Waals surface area contributed by atoms with E-state index in [1.165, 1.54) is 6.92 Å². The van der Waals surface area contributed by atoms with Crippen LogP contribution >= 0.6 is 0 Å². The van der Waals surface area contributed by atoms with Crippen molar-refractivity contribution >= 4 is 39.5 Å². The minimum Gasteiger partial charge on any atom is -0.466 e. The molecule has 3 N–H and O–H groups in total. The van der Waals surface area contributed by atoms with Gasteiger partial charge in [-0.3, -0.25) is 14.4 Å². The highest BCUT2D eigenvalue weighted by Gasteiger charge is 2.21. The number of hydrogen-bond acceptors (Lipinski definition) is 11. The van der Waals surface area contributed by atoms with Gasteiger partial charge in [0.05, 0.1) is 18.8 Å². The molecule has 14 heteroatoms. The average Bonchev–Trinajstić information content (AvgIpc) is 2.91. The highest BCUT2D eigenvalue weighted by Crippen LogP contribution is 2.22. The minimum atomic E-state index is -3.88. The number of amides is 1. The predicted octanol–water partition coefficient (Wildman–Crippen LogP) is 1.01. The van der Waals surface area contributed by atoms with E-state index >= 15 is 0 Å². The quantitative estimate of drug-likeness (QED) is 0.185. The number of nitrogens with one attached hydrogen (secondary N) is 3. The predicted molar refractivity (Wildman–Crippen MR) is 139 cm³/mol. The number of ether oxygens (including phenoxy) is 1. The van der Waals surface area contributed by atoms with E-state index in [9.17, 15) is 22.8 Å². The second kappa shape index (κ2) is 14.2. The zero-order chi connectivity index (χ0) is 27.4. The first-order chi connectivity index (χ1) is 18.2. The number of anilines is 2. The Hall–Kier alpha value is -3.78. The van der Waals surface area contributed by atoms with Gasteiger partial charge < -0.3 is 25.1 Å². The number of piperidine rings is 1. The van der Waals surface area contributed by atoms with E-state index in [0.717, 1.165) is 31.6 Å². The van der Waals surface area contributed by atoms with Crippen LogP contribution in [0.2, 0.25) is 0 Å². The summed E-state index contributed by atoms with van der Waals surface area (Å²) in [6.45, 7) is 2.80. The lowest BCUT2D eigenvalue weighted by Gasteiger charge is -2.34. The van der Waals surface area contributed by atoms with Crippen molar-refractivity contribution in [2.24, 2.45) is 0 Å². The van der Waals surface area contributed by atoms with Crippen LogP contribution < -0.4 is 20.4 Å². The Morgan fingerprint density at radius 3 is 2.58 bits per heavy atom. The number of rotatable bonds is 13. The lowest BCUT2D eigenvalue weighted by molar-refractivity contribution is -0.147. The van der Waals surface area contributed by atoms with Crippen LogP contribution in [0.3, 0.4) is 0 Å². The van der Waals surface area contributed by atoms with E-state index in [1.807, 2.05) is 12.1 Å². The lowest BCUT2D eigenvalue weighted by Crippen LogP contribution is -2.42. The van der Waals surface area contributed by atoms with Gasteiger partial charge in [0.15, 0.2) is 0 Å². The van der Waals surface area contributed by atoms with E-state index in [2.05, 4.69) is 35.1 Å². The molecule has 13 nitrogen and oxygen atoms in total. The van der Waals surface area contributed by atoms with Crippen molar-refractivity contribution < 1.29 is 32.4 Å². The van der Waals surface area contributed by atoms with Crippen LogP contribution in [0.5, 0.6) is 0 Å². The fraction of sp³-hybridized carbons (Fsp3) is 0.458. The summed E-state index contributed by atoms with van der Waals surface area (Å²) >= 11 is 0. The Morgan fingerprint density at radius 1 is 1.13 bits per heavy atom. The number of esters is 1.